The maximum Gasteiger partial charge on any atom is 0.226 e. The van der Waals surface area contributed by atoms with Crippen molar-refractivity contribution in [3.63, 3.8) is 0 Å². The molecule has 2 aromatic rings. The summed E-state index contributed by atoms with van der Waals surface area (Å²) in [4.78, 5) is 26.3. The van der Waals surface area contributed by atoms with E-state index in [-0.39, 0.29) is 24.3 Å². The summed E-state index contributed by atoms with van der Waals surface area (Å²) in [6.07, 6.45) is 7.30. The van der Waals surface area contributed by atoms with Crippen LogP contribution in [0.5, 0.6) is 0 Å². The molecule has 27 heavy (non-hydrogen) atoms. The maximum absolute atomic E-state index is 12.6. The number of amides is 2. The fourth-order valence-electron chi connectivity index (χ4n) is 3.44. The Morgan fingerprint density at radius 1 is 1.07 bits per heavy atom. The van der Waals surface area contributed by atoms with Crippen LogP contribution in [-0.4, -0.2) is 16.7 Å². The van der Waals surface area contributed by atoms with Gasteiger partial charge in [0.1, 0.15) is 0 Å². The highest BCUT2D eigenvalue weighted by atomic mass is 16.2. The van der Waals surface area contributed by atoms with Crippen LogP contribution in [-0.2, 0) is 16.0 Å². The van der Waals surface area contributed by atoms with E-state index in [0.717, 1.165) is 23.2 Å². The number of hydrogen-bond donors (Lipinski definition) is 1. The summed E-state index contributed by atoms with van der Waals surface area (Å²) < 4.78 is 0. The number of nitrogens with zero attached hydrogens (tertiary/aromatic N) is 1. The molecule has 1 heterocycles. The number of nitrogens with one attached hydrogen (secondary N) is 1. The predicted octanol–water partition coefficient (Wildman–Crippen LogP) is 4.93. The number of benzene rings is 2. The van der Waals surface area contributed by atoms with E-state index in [0.29, 0.717) is 0 Å². The van der Waals surface area contributed by atoms with Gasteiger partial charge in [-0.2, -0.15) is 0 Å². The first-order chi connectivity index (χ1) is 13.1. The van der Waals surface area contributed by atoms with E-state index in [1.54, 1.807) is 11.1 Å². The van der Waals surface area contributed by atoms with Crippen molar-refractivity contribution < 1.29 is 9.59 Å². The summed E-state index contributed by atoms with van der Waals surface area (Å²) in [7, 11) is 0. The third-order valence-electron chi connectivity index (χ3n) is 4.90. The Morgan fingerprint density at radius 2 is 1.81 bits per heavy atom. The van der Waals surface area contributed by atoms with Gasteiger partial charge >= 0.3 is 0 Å². The first-order valence-corrected chi connectivity index (χ1v) is 9.53. The minimum Gasteiger partial charge on any atom is -0.326 e. The molecule has 140 valence electrons. The first kappa shape index (κ1) is 18.9. The Balaban J connectivity index is 1.70. The molecule has 0 radical (unpaired) electrons. The van der Waals surface area contributed by atoms with Gasteiger partial charge in [-0.15, -0.1) is 0 Å². The molecular weight excluding hydrogens is 336 g/mol. The molecule has 1 N–H and O–H groups in total. The van der Waals surface area contributed by atoms with E-state index < -0.39 is 0 Å². The number of carbonyl (C=O) groups excluding carboxylic acids is 2. The molecule has 2 aromatic carbocycles. The van der Waals surface area contributed by atoms with E-state index >= 15 is 0 Å². The Morgan fingerprint density at radius 3 is 2.52 bits per heavy atom. The third kappa shape index (κ3) is 4.64. The lowest BCUT2D eigenvalue weighted by atomic mass is 9.93. The lowest BCUT2D eigenvalue weighted by molar-refractivity contribution is -0.129. The lowest BCUT2D eigenvalue weighted by Crippen LogP contribution is -2.33. The topological polar surface area (TPSA) is 49.4 Å². The second kappa shape index (κ2) is 8.67. The van der Waals surface area contributed by atoms with Crippen molar-refractivity contribution in [1.82, 2.24) is 4.90 Å². The Labute approximate surface area is 160 Å². The van der Waals surface area contributed by atoms with Gasteiger partial charge in [-0.25, -0.2) is 0 Å². The number of anilines is 1. The van der Waals surface area contributed by atoms with Gasteiger partial charge in [0.15, 0.2) is 0 Å². The number of rotatable bonds is 6. The second-order valence-electron chi connectivity index (χ2n) is 6.94. The molecule has 0 spiro atoms. The van der Waals surface area contributed by atoms with Crippen molar-refractivity contribution in [2.75, 3.05) is 5.32 Å². The molecule has 1 aliphatic heterocycles. The average molecular weight is 362 g/mol. The van der Waals surface area contributed by atoms with Crippen molar-refractivity contribution in [1.29, 1.82) is 0 Å². The van der Waals surface area contributed by atoms with Crippen molar-refractivity contribution in [2.45, 2.75) is 45.6 Å². The van der Waals surface area contributed by atoms with Crippen molar-refractivity contribution in [2.24, 2.45) is 0 Å². The van der Waals surface area contributed by atoms with Crippen molar-refractivity contribution in [3.05, 3.63) is 71.4 Å². The van der Waals surface area contributed by atoms with E-state index in [2.05, 4.69) is 24.4 Å². The summed E-state index contributed by atoms with van der Waals surface area (Å²) in [6, 6.07) is 15.6. The smallest absolute Gasteiger partial charge is 0.226 e. The molecule has 0 aliphatic carbocycles. The molecule has 4 heteroatoms. The van der Waals surface area contributed by atoms with E-state index in [1.165, 1.54) is 25.3 Å². The molecule has 1 aliphatic rings. The Hall–Kier alpha value is -2.88. The molecule has 0 fully saturated rings. The van der Waals surface area contributed by atoms with Gasteiger partial charge in [0.2, 0.25) is 11.8 Å². The zero-order valence-electron chi connectivity index (χ0n) is 15.9. The number of hydrogen-bond acceptors (Lipinski definition) is 2. The van der Waals surface area contributed by atoms with Gasteiger partial charge in [0.05, 0.1) is 12.5 Å². The van der Waals surface area contributed by atoms with Crippen LogP contribution in [0.3, 0.4) is 0 Å². The summed E-state index contributed by atoms with van der Waals surface area (Å²) >= 11 is 0. The van der Waals surface area contributed by atoms with Crippen LogP contribution in [0.1, 0.15) is 55.8 Å². The van der Waals surface area contributed by atoms with Gasteiger partial charge in [-0.3, -0.25) is 9.59 Å². The van der Waals surface area contributed by atoms with Gasteiger partial charge in [-0.05, 0) is 47.7 Å². The minimum absolute atomic E-state index is 0.0705. The van der Waals surface area contributed by atoms with Crippen LogP contribution in [0.15, 0.2) is 54.7 Å². The fourth-order valence-corrected chi connectivity index (χ4v) is 3.44. The predicted molar refractivity (Wildman–Crippen MR) is 109 cm³/mol. The highest BCUT2D eigenvalue weighted by Gasteiger charge is 2.28. The standard InChI is InChI=1S/C23H26N2O2/c1-3-4-7-18-10-12-20(13-11-18)24-23(27)16-22-21-9-6-5-8-19(21)14-15-25(22)17(2)26/h5-6,8-15,22H,3-4,7,16H2,1-2H3,(H,24,27). The number of unbranched alkanes of at least 4 members (excludes halogenated alkanes) is 1. The van der Waals surface area contributed by atoms with Crippen LogP contribution in [0, 0.1) is 0 Å². The molecule has 0 saturated heterocycles. The van der Waals surface area contributed by atoms with Gasteiger partial charge < -0.3 is 10.2 Å². The SMILES string of the molecule is CCCCc1ccc(NC(=O)CC2c3ccccc3C=CN2C(C)=O)cc1. The molecule has 4 nitrogen and oxygen atoms in total. The lowest BCUT2D eigenvalue weighted by Gasteiger charge is -2.32. The van der Waals surface area contributed by atoms with Crippen LogP contribution in [0.2, 0.25) is 0 Å². The molecule has 2 amide bonds. The van der Waals surface area contributed by atoms with Crippen LogP contribution in [0.25, 0.3) is 6.08 Å². The Bertz CT molecular complexity index is 840. The molecule has 0 bridgehead atoms. The molecular formula is C23H26N2O2. The minimum atomic E-state index is -0.285. The quantitative estimate of drug-likeness (QED) is 0.792. The Kier molecular flexibility index (Phi) is 6.07. The molecule has 1 atom stereocenters. The molecule has 1 unspecified atom stereocenters. The molecule has 0 saturated carbocycles. The zero-order chi connectivity index (χ0) is 19.2. The van der Waals surface area contributed by atoms with Crippen LogP contribution in [0.4, 0.5) is 5.69 Å². The average Bonchev–Trinajstić information content (AvgIpc) is 2.67. The number of carbonyl (C=O) groups is 2. The van der Waals surface area contributed by atoms with Gasteiger partial charge in [-0.1, -0.05) is 49.7 Å². The largest absolute Gasteiger partial charge is 0.326 e. The summed E-state index contributed by atoms with van der Waals surface area (Å²) in [5.41, 5.74) is 4.12. The maximum atomic E-state index is 12.6. The summed E-state index contributed by atoms with van der Waals surface area (Å²) in [5, 5.41) is 2.96. The van der Waals surface area contributed by atoms with Crippen LogP contribution < -0.4 is 5.32 Å². The van der Waals surface area contributed by atoms with E-state index in [4.69, 9.17) is 0 Å². The van der Waals surface area contributed by atoms with E-state index in [9.17, 15) is 9.59 Å². The summed E-state index contributed by atoms with van der Waals surface area (Å²) in [6.45, 7) is 3.70. The second-order valence-corrected chi connectivity index (χ2v) is 6.94. The monoisotopic (exact) mass is 362 g/mol. The normalized spacial score (nSPS) is 15.3. The van der Waals surface area contributed by atoms with E-state index in [1.807, 2.05) is 42.5 Å². The number of aryl methyl sites for hydroxylation is 1. The van der Waals surface area contributed by atoms with Gasteiger partial charge in [0, 0.05) is 18.8 Å². The van der Waals surface area contributed by atoms with Crippen LogP contribution >= 0.6 is 0 Å². The summed E-state index contributed by atoms with van der Waals surface area (Å²) in [5.74, 6) is -0.170. The zero-order valence-corrected chi connectivity index (χ0v) is 15.9. The third-order valence-corrected chi connectivity index (χ3v) is 4.90. The highest BCUT2D eigenvalue weighted by molar-refractivity contribution is 5.92. The molecule has 0 aromatic heterocycles. The molecule has 3 rings (SSSR count). The first-order valence-electron chi connectivity index (χ1n) is 9.53. The van der Waals surface area contributed by atoms with Gasteiger partial charge in [0.25, 0.3) is 0 Å². The van der Waals surface area contributed by atoms with Crippen molar-refractivity contribution >= 4 is 23.6 Å². The fraction of sp³-hybridized carbons (Fsp3) is 0.304. The van der Waals surface area contributed by atoms with Crippen molar-refractivity contribution in [3.8, 4) is 0 Å². The number of fused-ring (bicyclic) bond motifs is 1. The highest BCUT2D eigenvalue weighted by Crippen LogP contribution is 2.33.